The molecule has 0 saturated heterocycles. The van der Waals surface area contributed by atoms with Gasteiger partial charge in [0.1, 0.15) is 5.82 Å². The molecular formula is C92H70N4OPtSi-2. The van der Waals surface area contributed by atoms with Crippen LogP contribution in [0, 0.1) is 45.9 Å². The number of para-hydroxylation sites is 1. The van der Waals surface area contributed by atoms with Crippen LogP contribution >= 0.6 is 0 Å². The third-order valence-electron chi connectivity index (χ3n) is 17.5. The standard InChI is InChI=1S/C92H70N4OSi.Pt/c1-60-27-23-28-61(2)88(60)66-53-81-77-43-19-17-41-75(77)76-42-18-20-44-78(76)82-52-65(64-31-25-40-74(51-64)98(71-34-11-8-12-35-71,72-36-13-9-14-37-72)73-38-15-10-16-39-73)55-86-91(82)95(90(81)83(54-66)89-62(3)29-24-30-63(89)4)59-94(86)68-32-26-33-69(57-68)97-70-47-48-80-79-45-21-22-46-84(79)96(85(80)58-70)87-56-67(49-50-93-87)92(5,6)7;/h8-56H,1-7H3;/q-2;/i1D3,2D3,3D3,4D3,8D,9D,10D,11D,12D,13D,14D,15D,16D,17D,18D,19D,20D,25D,31D,34D,35D,36D,37D,38D,39D,40D,41D,42D,43D,44D,51D;. The number of pyridine rings is 1. The number of fused-ring (bicyclic) bond motifs is 10. The Hall–Kier alpha value is -11.0. The molecule has 5 nitrogen and oxygen atoms in total. The normalized spacial score (nSPS) is 18.0. The van der Waals surface area contributed by atoms with Crippen molar-refractivity contribution in [2.24, 2.45) is 0 Å². The summed E-state index contributed by atoms with van der Waals surface area (Å²) < 4.78 is 387. The van der Waals surface area contributed by atoms with Crippen molar-refractivity contribution in [1.29, 1.82) is 0 Å². The van der Waals surface area contributed by atoms with Crippen LogP contribution in [-0.4, -0.2) is 22.2 Å². The monoisotopic (exact) mass is 1510 g/mol. The molecule has 17 rings (SSSR count). The summed E-state index contributed by atoms with van der Waals surface area (Å²) >= 11 is 0. The molecule has 4 heterocycles. The number of ether oxygens (including phenoxy) is 1. The smallest absolute Gasteiger partial charge is 0.268 e. The Bertz CT molecular complexity index is 7710. The van der Waals surface area contributed by atoms with Crippen molar-refractivity contribution in [3.8, 4) is 95.5 Å². The summed E-state index contributed by atoms with van der Waals surface area (Å²) in [5.74, 6) is 0.377. The van der Waals surface area contributed by atoms with Gasteiger partial charge in [-0.15, -0.1) is 29.7 Å². The minimum atomic E-state index is -6.72. The van der Waals surface area contributed by atoms with E-state index in [2.05, 4.69) is 18.5 Å². The predicted octanol–water partition coefficient (Wildman–Crippen LogP) is 19.8. The van der Waals surface area contributed by atoms with Crippen LogP contribution in [0.15, 0.2) is 297 Å². The van der Waals surface area contributed by atoms with Gasteiger partial charge in [0.05, 0.1) is 53.7 Å². The van der Waals surface area contributed by atoms with E-state index in [1.54, 1.807) is 18.3 Å². The number of benzene rings is 13. The molecule has 3 aromatic heterocycles. The minimum Gasteiger partial charge on any atom is -0.510 e. The van der Waals surface area contributed by atoms with Crippen molar-refractivity contribution in [3.63, 3.8) is 0 Å². The molecule has 0 amide bonds. The fourth-order valence-electron chi connectivity index (χ4n) is 13.1. The maximum atomic E-state index is 11.2. The number of imidazole rings is 1. The first-order valence-electron chi connectivity index (χ1n) is 50.1. The number of aromatic nitrogens is 4. The minimum absolute atomic E-state index is 0. The van der Waals surface area contributed by atoms with Crippen LogP contribution in [0.3, 0.4) is 0 Å². The summed E-state index contributed by atoms with van der Waals surface area (Å²) in [6.45, 7) is -7.35. The average molecular weight is 1510 g/mol. The summed E-state index contributed by atoms with van der Waals surface area (Å²) in [7, 11) is -6.72. The topological polar surface area (TPSA) is 35.9 Å². The predicted molar refractivity (Wildman–Crippen MR) is 407 cm³/mol. The van der Waals surface area contributed by atoms with E-state index in [1.165, 1.54) is 18.2 Å². The molecule has 480 valence electrons. The van der Waals surface area contributed by atoms with Gasteiger partial charge in [0.2, 0.25) is 0 Å². The quantitative estimate of drug-likeness (QED) is 0.0560. The van der Waals surface area contributed by atoms with E-state index < -0.39 is 325 Å². The fourth-order valence-corrected chi connectivity index (χ4v) is 16.6. The van der Waals surface area contributed by atoms with E-state index in [4.69, 9.17) is 22.1 Å². The SMILES string of the molecule is [2H]c1c([2H])c([2H])c([Si](c2c([2H])c([2H])c([2H])c([2H])c2[2H])(c2c([2H])c([2H])c([2H])c([2H])c2[2H])c2c([2H])c([2H])c([2H])c(-c3cc4c5c(c3)n(-c3[c-]c(Oc6[c-]c7c(cc6)c6ccccc6n7-c6cc(C(C)(C)C)ccn6)ccc3)[c-][n+]5-c3c(-c5c(C([2H])([2H])[2H])cccc5C([2H])([2H])[2H])cc(-c5c(C([2H])([2H])[2H])cccc5C([2H])([2H])[2H])cc3-c3c([2H])c([2H])c([2H])c([2H])c3-c3c([2H])c([2H])c([2H])c([2H])c3-4)c2[2H])c([2H])c1[2H].[Pt]. The van der Waals surface area contributed by atoms with Gasteiger partial charge >= 0.3 is 0 Å². The molecule has 0 N–H and O–H groups in total. The van der Waals surface area contributed by atoms with Gasteiger partial charge < -0.3 is 13.9 Å². The third-order valence-corrected chi connectivity index (χ3v) is 21.5. The number of aryl methyl sites for hydroxylation is 4. The van der Waals surface area contributed by atoms with Crippen LogP contribution in [0.2, 0.25) is 0 Å². The molecule has 13 aromatic carbocycles. The molecule has 0 atom stereocenters. The molecule has 7 heteroatoms. The van der Waals surface area contributed by atoms with E-state index in [0.717, 1.165) is 86.3 Å². The maximum Gasteiger partial charge on any atom is 0.268 e. The van der Waals surface area contributed by atoms with E-state index in [-0.39, 0.29) is 43.7 Å². The van der Waals surface area contributed by atoms with Gasteiger partial charge in [-0.05, 0) is 196 Å². The zero-order chi connectivity index (χ0) is 99.9. The molecule has 1 aliphatic heterocycles. The molecule has 1 aliphatic rings. The first-order chi connectivity index (χ1) is 63.9. The summed E-state index contributed by atoms with van der Waals surface area (Å²) in [6.07, 6.45) is 4.95. The van der Waals surface area contributed by atoms with Gasteiger partial charge in [-0.3, -0.25) is 4.57 Å². The molecule has 0 bridgehead atoms. The zero-order valence-electron chi connectivity index (χ0n) is 91.2. The maximum absolute atomic E-state index is 11.2. The van der Waals surface area contributed by atoms with Gasteiger partial charge in [-0.2, -0.15) is 18.2 Å². The number of hydrogen-bond donors (Lipinski definition) is 0. The van der Waals surface area contributed by atoms with Crippen molar-refractivity contribution in [3.05, 3.63) is 343 Å². The number of nitrogens with zero attached hydrogens (tertiary/aromatic N) is 4. The molecule has 0 aliphatic carbocycles. The second kappa shape index (κ2) is 25.1. The molecule has 99 heavy (non-hydrogen) atoms. The van der Waals surface area contributed by atoms with Gasteiger partial charge in [0, 0.05) is 60.7 Å². The number of rotatable bonds is 11. The van der Waals surface area contributed by atoms with Crippen molar-refractivity contribution in [2.45, 2.75) is 53.6 Å². The van der Waals surface area contributed by atoms with Crippen LogP contribution in [0.5, 0.6) is 11.5 Å². The third kappa shape index (κ3) is 10.6. The van der Waals surface area contributed by atoms with Crippen LogP contribution in [0.25, 0.3) is 117 Å². The molecule has 0 fully saturated rings. The Morgan fingerprint density at radius 1 is 0.465 bits per heavy atom. The van der Waals surface area contributed by atoms with Gasteiger partial charge in [-0.25, -0.2) is 4.98 Å². The molecule has 0 spiro atoms. The average Bonchev–Trinajstić information content (AvgIpc) is 0.839. The zero-order valence-corrected chi connectivity index (χ0v) is 55.5. The summed E-state index contributed by atoms with van der Waals surface area (Å²) in [6, 6.07) is 2.85. The van der Waals surface area contributed by atoms with Crippen molar-refractivity contribution < 1.29 is 83.8 Å². The van der Waals surface area contributed by atoms with Crippen LogP contribution in [0.1, 0.15) is 102 Å². The van der Waals surface area contributed by atoms with E-state index in [0.29, 0.717) is 16.7 Å². The summed E-state index contributed by atoms with van der Waals surface area (Å²) in [4.78, 5) is 4.81. The molecule has 16 aromatic rings. The summed E-state index contributed by atoms with van der Waals surface area (Å²) in [5, 5.41) is -3.45. The second-order valence-corrected chi connectivity index (χ2v) is 27.6. The van der Waals surface area contributed by atoms with Gasteiger partial charge in [-0.1, -0.05) is 250 Å². The molecule has 0 saturated carbocycles. The van der Waals surface area contributed by atoms with Gasteiger partial charge in [0.25, 0.3) is 6.33 Å². The largest absolute Gasteiger partial charge is 0.510 e. The number of hydrogen-bond acceptors (Lipinski definition) is 2. The van der Waals surface area contributed by atoms with Crippen LogP contribution < -0.4 is 30.1 Å². The van der Waals surface area contributed by atoms with Crippen LogP contribution in [-0.2, 0) is 26.5 Å². The van der Waals surface area contributed by atoms with Crippen molar-refractivity contribution >= 4 is 61.7 Å². The summed E-state index contributed by atoms with van der Waals surface area (Å²) in [5.41, 5.74) is -12.0. The second-order valence-electron chi connectivity index (χ2n) is 24.1. The Morgan fingerprint density at radius 3 is 1.66 bits per heavy atom. The van der Waals surface area contributed by atoms with Crippen molar-refractivity contribution in [1.82, 2.24) is 14.1 Å². The Kier molecular flexibility index (Phi) is 8.38. The van der Waals surface area contributed by atoms with E-state index >= 15 is 0 Å². The van der Waals surface area contributed by atoms with E-state index in [9.17, 15) is 41.1 Å². The van der Waals surface area contributed by atoms with E-state index in [1.807, 2.05) is 61.7 Å². The molecular weight excluding hydrogens is 1400 g/mol. The van der Waals surface area contributed by atoms with Crippen LogP contribution in [0.4, 0.5) is 0 Å². The molecule has 0 unspecified atom stereocenters. The molecule has 0 radical (unpaired) electrons. The first-order valence-corrected chi connectivity index (χ1v) is 32.6. The Balaban J connectivity index is 0.0000138. The first kappa shape index (κ1) is 33.0. The Morgan fingerprint density at radius 2 is 1.02 bits per heavy atom. The fraction of sp³-hybridized carbons (Fsp3) is 0.0870. The Labute approximate surface area is 649 Å². The van der Waals surface area contributed by atoms with Crippen molar-refractivity contribution in [2.75, 3.05) is 0 Å². The van der Waals surface area contributed by atoms with Gasteiger partial charge in [0.15, 0.2) is 8.07 Å².